The Bertz CT molecular complexity index is 203. The molecule has 0 radical (unpaired) electrons. The standard InChI is InChI=1S/C9H17NO4/c1-6(2)5-8(12)10-7(3-4-11)9(13)14/h6-7,11H,3-5H2,1-2H3,(H,10,12)(H,13,14). The average molecular weight is 203 g/mol. The van der Waals surface area contributed by atoms with E-state index in [1.165, 1.54) is 0 Å². The molecule has 1 unspecified atom stereocenters. The normalized spacial score (nSPS) is 12.6. The molecule has 14 heavy (non-hydrogen) atoms. The second-order valence-corrected chi connectivity index (χ2v) is 3.57. The zero-order valence-corrected chi connectivity index (χ0v) is 8.49. The van der Waals surface area contributed by atoms with Gasteiger partial charge in [0.15, 0.2) is 0 Å². The van der Waals surface area contributed by atoms with E-state index < -0.39 is 12.0 Å². The van der Waals surface area contributed by atoms with Crippen molar-refractivity contribution in [3.8, 4) is 0 Å². The third-order valence-electron chi connectivity index (χ3n) is 1.64. The number of hydrogen-bond acceptors (Lipinski definition) is 3. The fourth-order valence-electron chi connectivity index (χ4n) is 1.01. The number of aliphatic hydroxyl groups is 1. The number of aliphatic carboxylic acids is 1. The molecule has 0 saturated heterocycles. The van der Waals surface area contributed by atoms with Crippen LogP contribution in [0.1, 0.15) is 26.7 Å². The first-order chi connectivity index (χ1) is 6.47. The van der Waals surface area contributed by atoms with Gasteiger partial charge in [-0.15, -0.1) is 0 Å². The number of carboxylic acid groups (broad SMARTS) is 1. The number of carbonyl (C=O) groups excluding carboxylic acids is 1. The van der Waals surface area contributed by atoms with Crippen molar-refractivity contribution < 1.29 is 19.8 Å². The van der Waals surface area contributed by atoms with Crippen LogP contribution in [0, 0.1) is 5.92 Å². The summed E-state index contributed by atoms with van der Waals surface area (Å²) in [6.07, 6.45) is 0.342. The molecule has 0 aliphatic rings. The molecule has 82 valence electrons. The second-order valence-electron chi connectivity index (χ2n) is 3.57. The molecule has 1 amide bonds. The maximum Gasteiger partial charge on any atom is 0.326 e. The van der Waals surface area contributed by atoms with Gasteiger partial charge >= 0.3 is 5.97 Å². The first-order valence-corrected chi connectivity index (χ1v) is 4.60. The molecule has 0 aromatic rings. The van der Waals surface area contributed by atoms with E-state index in [1.54, 1.807) is 0 Å². The van der Waals surface area contributed by atoms with Crippen molar-refractivity contribution in [2.24, 2.45) is 5.92 Å². The van der Waals surface area contributed by atoms with Crippen molar-refractivity contribution in [1.82, 2.24) is 5.32 Å². The Labute approximate surface area is 83.1 Å². The predicted octanol–water partition coefficient (Wildman–Crippen LogP) is -0.0157. The molecular formula is C9H17NO4. The predicted molar refractivity (Wildman–Crippen MR) is 50.7 cm³/mol. The molecule has 0 aromatic carbocycles. The van der Waals surface area contributed by atoms with Gasteiger partial charge in [-0.1, -0.05) is 13.8 Å². The number of carbonyl (C=O) groups is 2. The van der Waals surface area contributed by atoms with Gasteiger partial charge < -0.3 is 15.5 Å². The molecule has 5 nitrogen and oxygen atoms in total. The average Bonchev–Trinajstić information content (AvgIpc) is 2.01. The summed E-state index contributed by atoms with van der Waals surface area (Å²) in [5.41, 5.74) is 0. The van der Waals surface area contributed by atoms with Crippen LogP contribution in [0.15, 0.2) is 0 Å². The maximum atomic E-state index is 11.2. The molecule has 0 aromatic heterocycles. The number of hydrogen-bond donors (Lipinski definition) is 3. The Hall–Kier alpha value is -1.10. The Morgan fingerprint density at radius 1 is 1.36 bits per heavy atom. The summed E-state index contributed by atoms with van der Waals surface area (Å²) in [5, 5.41) is 19.6. The lowest BCUT2D eigenvalue weighted by Gasteiger charge is -2.13. The molecule has 0 aliphatic heterocycles. The van der Waals surface area contributed by atoms with Crippen LogP contribution in [0.3, 0.4) is 0 Å². The molecule has 1 atom stereocenters. The fourth-order valence-corrected chi connectivity index (χ4v) is 1.01. The van der Waals surface area contributed by atoms with Gasteiger partial charge in [0, 0.05) is 19.4 Å². The van der Waals surface area contributed by atoms with Crippen LogP contribution in [0.4, 0.5) is 0 Å². The minimum absolute atomic E-state index is 0.0408. The molecule has 0 aliphatic carbocycles. The van der Waals surface area contributed by atoms with Gasteiger partial charge in [-0.2, -0.15) is 0 Å². The smallest absolute Gasteiger partial charge is 0.326 e. The molecule has 0 saturated carbocycles. The van der Waals surface area contributed by atoms with Crippen LogP contribution in [0.25, 0.3) is 0 Å². The third-order valence-corrected chi connectivity index (χ3v) is 1.64. The van der Waals surface area contributed by atoms with E-state index in [-0.39, 0.29) is 24.9 Å². The van der Waals surface area contributed by atoms with Crippen LogP contribution in [-0.2, 0) is 9.59 Å². The Kier molecular flexibility index (Phi) is 5.87. The van der Waals surface area contributed by atoms with Gasteiger partial charge in [0.05, 0.1) is 0 Å². The van der Waals surface area contributed by atoms with Gasteiger partial charge in [-0.3, -0.25) is 4.79 Å². The van der Waals surface area contributed by atoms with E-state index in [9.17, 15) is 9.59 Å². The van der Waals surface area contributed by atoms with Gasteiger partial charge in [0.2, 0.25) is 5.91 Å². The lowest BCUT2D eigenvalue weighted by molar-refractivity contribution is -0.142. The van der Waals surface area contributed by atoms with E-state index in [1.807, 2.05) is 13.8 Å². The molecule has 3 N–H and O–H groups in total. The molecule has 5 heteroatoms. The lowest BCUT2D eigenvalue weighted by Crippen LogP contribution is -2.41. The van der Waals surface area contributed by atoms with E-state index in [0.717, 1.165) is 0 Å². The number of amides is 1. The van der Waals surface area contributed by atoms with Crippen molar-refractivity contribution in [2.45, 2.75) is 32.7 Å². The van der Waals surface area contributed by atoms with Crippen LogP contribution >= 0.6 is 0 Å². The fraction of sp³-hybridized carbons (Fsp3) is 0.778. The topological polar surface area (TPSA) is 86.6 Å². The minimum Gasteiger partial charge on any atom is -0.480 e. The number of nitrogens with one attached hydrogen (secondary N) is 1. The highest BCUT2D eigenvalue weighted by molar-refractivity contribution is 5.83. The zero-order valence-electron chi connectivity index (χ0n) is 8.49. The van der Waals surface area contributed by atoms with Crippen molar-refractivity contribution in [2.75, 3.05) is 6.61 Å². The lowest BCUT2D eigenvalue weighted by atomic mass is 10.1. The van der Waals surface area contributed by atoms with Crippen LogP contribution < -0.4 is 5.32 Å². The highest BCUT2D eigenvalue weighted by Crippen LogP contribution is 2.00. The summed E-state index contributed by atoms with van der Waals surface area (Å²) in [7, 11) is 0. The molecule has 0 bridgehead atoms. The number of aliphatic hydroxyl groups excluding tert-OH is 1. The van der Waals surface area contributed by atoms with Gasteiger partial charge in [-0.25, -0.2) is 4.79 Å². The van der Waals surface area contributed by atoms with Crippen molar-refractivity contribution in [3.05, 3.63) is 0 Å². The van der Waals surface area contributed by atoms with Gasteiger partial charge in [0.25, 0.3) is 0 Å². The van der Waals surface area contributed by atoms with Crippen molar-refractivity contribution in [3.63, 3.8) is 0 Å². The Balaban J connectivity index is 4.02. The molecule has 0 fully saturated rings. The first-order valence-electron chi connectivity index (χ1n) is 4.60. The van der Waals surface area contributed by atoms with E-state index in [2.05, 4.69) is 5.32 Å². The monoisotopic (exact) mass is 203 g/mol. The highest BCUT2D eigenvalue weighted by atomic mass is 16.4. The van der Waals surface area contributed by atoms with Gasteiger partial charge in [-0.05, 0) is 5.92 Å². The van der Waals surface area contributed by atoms with Crippen molar-refractivity contribution in [1.29, 1.82) is 0 Å². The second kappa shape index (κ2) is 6.37. The summed E-state index contributed by atoms with van der Waals surface area (Å²) in [4.78, 5) is 21.8. The van der Waals surface area contributed by atoms with Crippen LogP contribution in [0.5, 0.6) is 0 Å². The third kappa shape index (κ3) is 5.53. The summed E-state index contributed by atoms with van der Waals surface area (Å²) in [6.45, 7) is 3.50. The Morgan fingerprint density at radius 3 is 2.29 bits per heavy atom. The number of carboxylic acids is 1. The first kappa shape index (κ1) is 12.9. The molecule has 0 rings (SSSR count). The summed E-state index contributed by atoms with van der Waals surface area (Å²) in [6, 6.07) is -0.980. The van der Waals surface area contributed by atoms with E-state index >= 15 is 0 Å². The van der Waals surface area contributed by atoms with Crippen molar-refractivity contribution >= 4 is 11.9 Å². The van der Waals surface area contributed by atoms with Gasteiger partial charge in [0.1, 0.15) is 6.04 Å². The zero-order chi connectivity index (χ0) is 11.1. The molecular weight excluding hydrogens is 186 g/mol. The molecule has 0 spiro atoms. The summed E-state index contributed by atoms with van der Waals surface area (Å²) >= 11 is 0. The number of rotatable bonds is 6. The van der Waals surface area contributed by atoms with Crippen LogP contribution in [0.2, 0.25) is 0 Å². The quantitative estimate of drug-likeness (QED) is 0.566. The highest BCUT2D eigenvalue weighted by Gasteiger charge is 2.19. The summed E-state index contributed by atoms with van der Waals surface area (Å²) in [5.74, 6) is -1.21. The SMILES string of the molecule is CC(C)CC(=O)NC(CCO)C(=O)O. The van der Waals surface area contributed by atoms with E-state index in [0.29, 0.717) is 6.42 Å². The van der Waals surface area contributed by atoms with E-state index in [4.69, 9.17) is 10.2 Å². The largest absolute Gasteiger partial charge is 0.480 e. The summed E-state index contributed by atoms with van der Waals surface area (Å²) < 4.78 is 0. The Morgan fingerprint density at radius 2 is 1.93 bits per heavy atom. The maximum absolute atomic E-state index is 11.2. The minimum atomic E-state index is -1.11. The molecule has 0 heterocycles. The van der Waals surface area contributed by atoms with Crippen LogP contribution in [-0.4, -0.2) is 34.7 Å².